The first-order valence-electron chi connectivity index (χ1n) is 13.0. The van der Waals surface area contributed by atoms with Crippen LogP contribution in [0.1, 0.15) is 33.3 Å². The monoisotopic (exact) mass is 624 g/mol. The largest absolute Gasteiger partial charge is 0.313 e. The van der Waals surface area contributed by atoms with Crippen LogP contribution in [0, 0.1) is 6.92 Å². The fraction of sp³-hybridized carbons (Fsp3) is 0.200. The van der Waals surface area contributed by atoms with Gasteiger partial charge in [-0.1, -0.05) is 42.8 Å². The standard InChI is InChI=1S/C30H28N4O3S3.ClH/c1-3-34-16-15-23-26(18-34)39-30(27(23)29-31-24-9-4-5-10-25(24)38-29)32-28(35)20-7-6-8-21(17-20)33-40(36,37)22-13-11-19(2)12-14-22;/h4-14,17,33H,3,15-16,18H2,1-2H3,(H,32,35);1H. The molecule has 0 unspecified atom stereocenters. The number of thiazole rings is 1. The lowest BCUT2D eigenvalue weighted by Crippen LogP contribution is -2.29. The lowest BCUT2D eigenvalue weighted by molar-refractivity contribution is 0.102. The van der Waals surface area contributed by atoms with Crippen molar-refractivity contribution in [3.05, 3.63) is 94.4 Å². The second-order valence-corrected chi connectivity index (χ2v) is 13.6. The summed E-state index contributed by atoms with van der Waals surface area (Å²) >= 11 is 3.24. The number of hydrogen-bond acceptors (Lipinski definition) is 7. The molecule has 212 valence electrons. The molecule has 2 N–H and O–H groups in total. The number of anilines is 2. The smallest absolute Gasteiger partial charge is 0.261 e. The Morgan fingerprint density at radius 2 is 1.80 bits per heavy atom. The molecule has 1 amide bonds. The van der Waals surface area contributed by atoms with Crippen molar-refractivity contribution in [1.29, 1.82) is 0 Å². The molecule has 0 spiro atoms. The highest BCUT2D eigenvalue weighted by atomic mass is 35.5. The Morgan fingerprint density at radius 3 is 2.56 bits per heavy atom. The maximum Gasteiger partial charge on any atom is 0.261 e. The summed E-state index contributed by atoms with van der Waals surface area (Å²) in [5, 5.41) is 4.82. The number of aromatic nitrogens is 1. The summed E-state index contributed by atoms with van der Waals surface area (Å²) in [5.74, 6) is -0.301. The molecule has 0 fully saturated rings. The second kappa shape index (κ2) is 11.9. The molecule has 1 aliphatic heterocycles. The zero-order valence-corrected chi connectivity index (χ0v) is 25.8. The van der Waals surface area contributed by atoms with Crippen molar-refractivity contribution in [2.45, 2.75) is 31.7 Å². The number of nitrogens with zero attached hydrogens (tertiary/aromatic N) is 2. The highest BCUT2D eigenvalue weighted by Gasteiger charge is 2.27. The Balaban J connectivity index is 0.00000337. The van der Waals surface area contributed by atoms with Crippen LogP contribution in [0.2, 0.25) is 0 Å². The SMILES string of the molecule is CCN1CCc2c(sc(NC(=O)c3cccc(NS(=O)(=O)c4ccc(C)cc4)c3)c2-c2nc3ccccc3s2)C1.Cl. The van der Waals surface area contributed by atoms with Crippen molar-refractivity contribution in [1.82, 2.24) is 9.88 Å². The van der Waals surface area contributed by atoms with Gasteiger partial charge in [-0.05, 0) is 67.9 Å². The summed E-state index contributed by atoms with van der Waals surface area (Å²) in [6.07, 6.45) is 0.900. The van der Waals surface area contributed by atoms with Gasteiger partial charge in [-0.15, -0.1) is 35.1 Å². The number of carbonyl (C=O) groups is 1. The van der Waals surface area contributed by atoms with Crippen LogP contribution >= 0.6 is 35.1 Å². The van der Waals surface area contributed by atoms with Crippen molar-refractivity contribution in [3.63, 3.8) is 0 Å². The van der Waals surface area contributed by atoms with E-state index in [0.29, 0.717) is 11.3 Å². The molecule has 5 aromatic rings. The van der Waals surface area contributed by atoms with E-state index in [4.69, 9.17) is 4.98 Å². The Hall–Kier alpha value is -3.28. The van der Waals surface area contributed by atoms with E-state index in [0.717, 1.165) is 57.4 Å². The highest BCUT2D eigenvalue weighted by Crippen LogP contribution is 2.45. The van der Waals surface area contributed by atoms with Crippen LogP contribution in [-0.4, -0.2) is 37.3 Å². The third-order valence-electron chi connectivity index (χ3n) is 7.03. The number of amides is 1. The molecule has 6 rings (SSSR count). The molecule has 0 saturated carbocycles. The van der Waals surface area contributed by atoms with Crippen molar-refractivity contribution in [2.24, 2.45) is 0 Å². The zero-order chi connectivity index (χ0) is 27.9. The number of halogens is 1. The molecule has 1 aliphatic rings. The van der Waals surface area contributed by atoms with Gasteiger partial charge in [0.05, 0.1) is 15.1 Å². The van der Waals surface area contributed by atoms with Crippen LogP contribution in [0.25, 0.3) is 20.8 Å². The molecule has 0 saturated heterocycles. The van der Waals surface area contributed by atoms with Gasteiger partial charge in [0, 0.05) is 34.8 Å². The number of aryl methyl sites for hydroxylation is 1. The topological polar surface area (TPSA) is 91.4 Å². The van der Waals surface area contributed by atoms with E-state index in [-0.39, 0.29) is 23.2 Å². The number of likely N-dealkylation sites (N-methyl/N-ethyl adjacent to an activating group) is 1. The van der Waals surface area contributed by atoms with Crippen molar-refractivity contribution in [2.75, 3.05) is 23.1 Å². The van der Waals surface area contributed by atoms with Crippen LogP contribution in [0.4, 0.5) is 10.7 Å². The van der Waals surface area contributed by atoms with Gasteiger partial charge >= 0.3 is 0 Å². The first kappa shape index (κ1) is 29.2. The van der Waals surface area contributed by atoms with Crippen LogP contribution < -0.4 is 10.0 Å². The predicted octanol–water partition coefficient (Wildman–Crippen LogP) is 7.19. The Labute approximate surface area is 253 Å². The molecule has 0 atom stereocenters. The van der Waals surface area contributed by atoms with Crippen LogP contribution in [0.5, 0.6) is 0 Å². The maximum atomic E-state index is 13.5. The van der Waals surface area contributed by atoms with Gasteiger partial charge in [-0.2, -0.15) is 0 Å². The van der Waals surface area contributed by atoms with E-state index in [2.05, 4.69) is 27.9 Å². The first-order valence-corrected chi connectivity index (χ1v) is 16.2. The quantitative estimate of drug-likeness (QED) is 0.200. The van der Waals surface area contributed by atoms with E-state index in [1.54, 1.807) is 71.2 Å². The Bertz CT molecular complexity index is 1800. The van der Waals surface area contributed by atoms with Crippen molar-refractivity contribution in [3.8, 4) is 10.6 Å². The van der Waals surface area contributed by atoms with Gasteiger partial charge in [-0.3, -0.25) is 14.4 Å². The van der Waals surface area contributed by atoms with Gasteiger partial charge in [0.15, 0.2) is 0 Å². The average molecular weight is 625 g/mol. The first-order chi connectivity index (χ1) is 19.3. The van der Waals surface area contributed by atoms with Gasteiger partial charge in [-0.25, -0.2) is 13.4 Å². The van der Waals surface area contributed by atoms with E-state index in [9.17, 15) is 13.2 Å². The summed E-state index contributed by atoms with van der Waals surface area (Å²) in [5.41, 5.74) is 4.86. The summed E-state index contributed by atoms with van der Waals surface area (Å²) in [6, 6.07) is 21.3. The van der Waals surface area contributed by atoms with Gasteiger partial charge in [0.1, 0.15) is 10.0 Å². The minimum absolute atomic E-state index is 0. The maximum absolute atomic E-state index is 13.5. The number of hydrogen-bond donors (Lipinski definition) is 2. The molecular weight excluding hydrogens is 596 g/mol. The zero-order valence-electron chi connectivity index (χ0n) is 22.5. The number of carbonyl (C=O) groups excluding carboxylic acids is 1. The molecule has 3 aromatic carbocycles. The highest BCUT2D eigenvalue weighted by molar-refractivity contribution is 7.92. The number of nitrogens with one attached hydrogen (secondary N) is 2. The molecule has 11 heteroatoms. The lowest BCUT2D eigenvalue weighted by atomic mass is 10.0. The van der Waals surface area contributed by atoms with E-state index in [1.807, 2.05) is 25.1 Å². The summed E-state index contributed by atoms with van der Waals surface area (Å²) in [4.78, 5) is 22.2. The third-order valence-corrected chi connectivity index (χ3v) is 10.6. The molecule has 41 heavy (non-hydrogen) atoms. The number of fused-ring (bicyclic) bond motifs is 2. The number of benzene rings is 3. The van der Waals surface area contributed by atoms with Crippen LogP contribution in [0.15, 0.2) is 77.7 Å². The summed E-state index contributed by atoms with van der Waals surface area (Å²) < 4.78 is 29.5. The Morgan fingerprint density at radius 1 is 1.02 bits per heavy atom. The summed E-state index contributed by atoms with van der Waals surface area (Å²) in [7, 11) is -3.79. The Kier molecular flexibility index (Phi) is 8.49. The third kappa shape index (κ3) is 6.02. The van der Waals surface area contributed by atoms with Crippen molar-refractivity contribution < 1.29 is 13.2 Å². The number of rotatable bonds is 7. The van der Waals surface area contributed by atoms with Gasteiger partial charge in [0.25, 0.3) is 15.9 Å². The number of para-hydroxylation sites is 1. The fourth-order valence-corrected chi connectivity index (χ4v) is 8.30. The van der Waals surface area contributed by atoms with Gasteiger partial charge in [0.2, 0.25) is 0 Å². The average Bonchev–Trinajstić information content (AvgIpc) is 3.53. The number of thiophene rings is 1. The van der Waals surface area contributed by atoms with Crippen LogP contribution in [-0.2, 0) is 23.0 Å². The molecule has 0 aliphatic carbocycles. The minimum atomic E-state index is -3.79. The molecule has 0 bridgehead atoms. The normalized spacial score (nSPS) is 13.4. The predicted molar refractivity (Wildman–Crippen MR) is 171 cm³/mol. The second-order valence-electron chi connectivity index (χ2n) is 9.77. The van der Waals surface area contributed by atoms with E-state index >= 15 is 0 Å². The molecule has 0 radical (unpaired) electrons. The van der Waals surface area contributed by atoms with Gasteiger partial charge < -0.3 is 5.32 Å². The summed E-state index contributed by atoms with van der Waals surface area (Å²) in [6.45, 7) is 6.85. The van der Waals surface area contributed by atoms with E-state index < -0.39 is 10.0 Å². The molecule has 3 heterocycles. The van der Waals surface area contributed by atoms with Crippen LogP contribution in [0.3, 0.4) is 0 Å². The molecule has 7 nitrogen and oxygen atoms in total. The minimum Gasteiger partial charge on any atom is -0.313 e. The number of sulfonamides is 1. The van der Waals surface area contributed by atoms with Crippen molar-refractivity contribution >= 4 is 71.9 Å². The van der Waals surface area contributed by atoms with E-state index in [1.165, 1.54) is 10.4 Å². The molecule has 2 aromatic heterocycles. The lowest BCUT2D eigenvalue weighted by Gasteiger charge is -2.25. The fourth-order valence-electron chi connectivity index (χ4n) is 4.85. The molecular formula is C30H29ClN4O3S3.